The molecule has 0 aromatic rings. The fourth-order valence-corrected chi connectivity index (χ4v) is 0.720. The lowest BCUT2D eigenvalue weighted by Crippen LogP contribution is -2.30. The van der Waals surface area contributed by atoms with Crippen molar-refractivity contribution in [2.24, 2.45) is 0 Å². The van der Waals surface area contributed by atoms with E-state index in [9.17, 15) is 0 Å². The van der Waals surface area contributed by atoms with E-state index in [0.29, 0.717) is 0 Å². The second-order valence-electron chi connectivity index (χ2n) is 2.14. The summed E-state index contributed by atoms with van der Waals surface area (Å²) < 4.78 is 9.84. The van der Waals surface area contributed by atoms with Gasteiger partial charge in [0.05, 0.1) is 13.2 Å². The van der Waals surface area contributed by atoms with Gasteiger partial charge in [-0.25, -0.2) is 0 Å². The zero-order valence-corrected chi connectivity index (χ0v) is 7.56. The molecule has 1 aliphatic rings. The molecule has 0 spiro atoms. The Hall–Kier alpha value is -0.120. The van der Waals surface area contributed by atoms with E-state index in [1.54, 1.807) is 0 Å². The van der Waals surface area contributed by atoms with Gasteiger partial charge >= 0.3 is 0 Å². The van der Waals surface area contributed by atoms with Gasteiger partial charge in [0.25, 0.3) is 0 Å². The first-order chi connectivity index (χ1) is 5.41. The summed E-state index contributed by atoms with van der Waals surface area (Å²) in [5.41, 5.74) is 0. The minimum atomic E-state index is 0.844. The van der Waals surface area contributed by atoms with E-state index < -0.39 is 0 Å². The smallest absolute Gasteiger partial charge is 0.0591 e. The quantitative estimate of drug-likeness (QED) is 0.645. The van der Waals surface area contributed by atoms with Crippen molar-refractivity contribution >= 4 is 0 Å². The molecule has 1 rings (SSSR count). The molecule has 0 aliphatic carbocycles. The van der Waals surface area contributed by atoms with E-state index in [1.165, 1.54) is 0 Å². The topological polar surface area (TPSA) is 30.5 Å². The van der Waals surface area contributed by atoms with Crippen LogP contribution in [0.3, 0.4) is 0 Å². The van der Waals surface area contributed by atoms with Crippen molar-refractivity contribution in [2.75, 3.05) is 39.5 Å². The second kappa shape index (κ2) is 9.88. The number of rotatable bonds is 2. The molecule has 1 saturated heterocycles. The molecule has 11 heavy (non-hydrogen) atoms. The fourth-order valence-electron chi connectivity index (χ4n) is 0.720. The van der Waals surface area contributed by atoms with Crippen LogP contribution in [0.1, 0.15) is 13.8 Å². The van der Waals surface area contributed by atoms with E-state index in [-0.39, 0.29) is 0 Å². The first-order valence-electron chi connectivity index (χ1n) is 4.28. The number of nitrogens with one attached hydrogen (secondary N) is 1. The summed E-state index contributed by atoms with van der Waals surface area (Å²) in [5.74, 6) is 0. The summed E-state index contributed by atoms with van der Waals surface area (Å²) in [5, 5.41) is 3.16. The van der Waals surface area contributed by atoms with Gasteiger partial charge in [0.2, 0.25) is 0 Å². The van der Waals surface area contributed by atoms with Gasteiger partial charge in [-0.3, -0.25) is 0 Å². The molecule has 0 aromatic heterocycles. The highest BCUT2D eigenvalue weighted by molar-refractivity contribution is 4.49. The molecule has 0 radical (unpaired) electrons. The Balaban J connectivity index is 0.000000187. The molecule has 68 valence electrons. The number of morpholine rings is 1. The average molecular weight is 161 g/mol. The molecule has 3 heteroatoms. The zero-order valence-electron chi connectivity index (χ0n) is 7.56. The van der Waals surface area contributed by atoms with E-state index >= 15 is 0 Å². The van der Waals surface area contributed by atoms with Gasteiger partial charge in [-0.05, 0) is 13.8 Å². The maximum atomic E-state index is 5.01. The van der Waals surface area contributed by atoms with Crippen LogP contribution < -0.4 is 5.32 Å². The van der Waals surface area contributed by atoms with Gasteiger partial charge < -0.3 is 14.8 Å². The zero-order chi connectivity index (χ0) is 8.36. The molecule has 1 fully saturated rings. The highest BCUT2D eigenvalue weighted by atomic mass is 16.5. The first-order valence-corrected chi connectivity index (χ1v) is 4.28. The molecule has 0 atom stereocenters. The summed E-state index contributed by atoms with van der Waals surface area (Å²) in [6, 6.07) is 0. The summed E-state index contributed by atoms with van der Waals surface area (Å²) in [6.07, 6.45) is 0. The van der Waals surface area contributed by atoms with Crippen LogP contribution in [-0.4, -0.2) is 39.5 Å². The van der Waals surface area contributed by atoms with E-state index in [2.05, 4.69) is 5.32 Å². The van der Waals surface area contributed by atoms with Gasteiger partial charge in [0.1, 0.15) is 0 Å². The van der Waals surface area contributed by atoms with E-state index in [1.807, 2.05) is 13.8 Å². The molecule has 0 bridgehead atoms. The predicted octanol–water partition coefficient (Wildman–Crippen LogP) is 0.649. The summed E-state index contributed by atoms with van der Waals surface area (Å²) in [7, 11) is 0. The molecule has 0 aromatic carbocycles. The van der Waals surface area contributed by atoms with Crippen molar-refractivity contribution in [1.82, 2.24) is 5.32 Å². The Morgan fingerprint density at radius 2 is 1.73 bits per heavy atom. The maximum absolute atomic E-state index is 5.01. The lowest BCUT2D eigenvalue weighted by molar-refractivity contribution is 0.109. The van der Waals surface area contributed by atoms with Gasteiger partial charge in [0, 0.05) is 26.3 Å². The molecular formula is C8H19NO2. The van der Waals surface area contributed by atoms with Crippen molar-refractivity contribution in [2.45, 2.75) is 13.8 Å². The molecular weight excluding hydrogens is 142 g/mol. The van der Waals surface area contributed by atoms with E-state index in [0.717, 1.165) is 39.5 Å². The van der Waals surface area contributed by atoms with Crippen LogP contribution in [0, 0.1) is 0 Å². The summed E-state index contributed by atoms with van der Waals surface area (Å²) >= 11 is 0. The van der Waals surface area contributed by atoms with Gasteiger partial charge in [-0.2, -0.15) is 0 Å². The number of hydrogen-bond donors (Lipinski definition) is 1. The van der Waals surface area contributed by atoms with Crippen LogP contribution >= 0.6 is 0 Å². The standard InChI is InChI=1S/C4H9NO.C4H10O/c1-3-6-4-2-5-1;1-3-5-4-2/h5H,1-4H2;3-4H2,1-2H3. The Kier molecular flexibility index (Phi) is 9.77. The van der Waals surface area contributed by atoms with Crippen molar-refractivity contribution < 1.29 is 9.47 Å². The van der Waals surface area contributed by atoms with Crippen molar-refractivity contribution in [1.29, 1.82) is 0 Å². The third-order valence-corrected chi connectivity index (χ3v) is 1.25. The Morgan fingerprint density at radius 3 is 1.82 bits per heavy atom. The molecule has 1 N–H and O–H groups in total. The maximum Gasteiger partial charge on any atom is 0.0591 e. The number of ether oxygens (including phenoxy) is 2. The van der Waals surface area contributed by atoms with Crippen LogP contribution in [-0.2, 0) is 9.47 Å². The van der Waals surface area contributed by atoms with Crippen molar-refractivity contribution in [3.63, 3.8) is 0 Å². The minimum absolute atomic E-state index is 0.844. The van der Waals surface area contributed by atoms with Gasteiger partial charge in [-0.15, -0.1) is 0 Å². The third-order valence-electron chi connectivity index (χ3n) is 1.25. The van der Waals surface area contributed by atoms with Crippen LogP contribution in [0.2, 0.25) is 0 Å². The fraction of sp³-hybridized carbons (Fsp3) is 1.00. The lowest BCUT2D eigenvalue weighted by atomic mass is 10.5. The predicted molar refractivity (Wildman–Crippen MR) is 45.9 cm³/mol. The van der Waals surface area contributed by atoms with E-state index in [4.69, 9.17) is 9.47 Å². The molecule has 1 aliphatic heterocycles. The Morgan fingerprint density at radius 1 is 1.18 bits per heavy atom. The van der Waals surface area contributed by atoms with Crippen LogP contribution in [0.15, 0.2) is 0 Å². The first kappa shape index (κ1) is 10.9. The number of hydrogen-bond acceptors (Lipinski definition) is 3. The highest BCUT2D eigenvalue weighted by Crippen LogP contribution is 1.76. The Labute approximate surface area is 69.1 Å². The Bertz CT molecular complexity index is 51.6. The highest BCUT2D eigenvalue weighted by Gasteiger charge is 1.92. The minimum Gasteiger partial charge on any atom is -0.382 e. The average Bonchev–Trinajstić information content (AvgIpc) is 2.10. The second-order valence-corrected chi connectivity index (χ2v) is 2.14. The SMILES string of the molecule is C1COCCN1.CCOCC. The summed E-state index contributed by atoms with van der Waals surface area (Å²) in [4.78, 5) is 0. The van der Waals surface area contributed by atoms with Gasteiger partial charge in [-0.1, -0.05) is 0 Å². The van der Waals surface area contributed by atoms with Crippen molar-refractivity contribution in [3.05, 3.63) is 0 Å². The van der Waals surface area contributed by atoms with Gasteiger partial charge in [0.15, 0.2) is 0 Å². The van der Waals surface area contributed by atoms with Crippen LogP contribution in [0.25, 0.3) is 0 Å². The molecule has 0 saturated carbocycles. The molecule has 3 nitrogen and oxygen atoms in total. The largest absolute Gasteiger partial charge is 0.382 e. The monoisotopic (exact) mass is 161 g/mol. The summed E-state index contributed by atoms with van der Waals surface area (Å²) in [6.45, 7) is 9.50. The van der Waals surface area contributed by atoms with Crippen LogP contribution in [0.4, 0.5) is 0 Å². The molecule has 0 amide bonds. The third kappa shape index (κ3) is 9.88. The molecule has 0 unspecified atom stereocenters. The molecule has 1 heterocycles. The normalized spacial score (nSPS) is 16.9. The van der Waals surface area contributed by atoms with Crippen LogP contribution in [0.5, 0.6) is 0 Å². The lowest BCUT2D eigenvalue weighted by Gasteiger charge is -2.10. The van der Waals surface area contributed by atoms with Crippen molar-refractivity contribution in [3.8, 4) is 0 Å².